The normalized spacial score (nSPS) is 10.3. The molecule has 5 nitrogen and oxygen atoms in total. The summed E-state index contributed by atoms with van der Waals surface area (Å²) in [5, 5.41) is 11.9. The molecule has 0 unspecified atom stereocenters. The van der Waals surface area contributed by atoms with Crippen molar-refractivity contribution in [2.75, 3.05) is 13.1 Å². The SMILES string of the molecule is C=CCN(CC=C)C(=O)CCc1nnc(-c2ccsc2)o1. The highest BCUT2D eigenvalue weighted by molar-refractivity contribution is 7.08. The van der Waals surface area contributed by atoms with E-state index in [2.05, 4.69) is 23.4 Å². The maximum absolute atomic E-state index is 12.1. The largest absolute Gasteiger partial charge is 0.421 e. The van der Waals surface area contributed by atoms with E-state index in [1.165, 1.54) is 0 Å². The smallest absolute Gasteiger partial charge is 0.248 e. The zero-order valence-corrected chi connectivity index (χ0v) is 12.5. The Labute approximate surface area is 127 Å². The van der Waals surface area contributed by atoms with Crippen LogP contribution in [-0.4, -0.2) is 34.1 Å². The molecule has 0 radical (unpaired) electrons. The Balaban J connectivity index is 1.91. The molecule has 110 valence electrons. The number of carbonyl (C=O) groups is 1. The van der Waals surface area contributed by atoms with Gasteiger partial charge in [-0.2, -0.15) is 11.3 Å². The molecule has 6 heteroatoms. The predicted octanol–water partition coefficient (Wildman–Crippen LogP) is 2.93. The number of hydrogen-bond acceptors (Lipinski definition) is 5. The summed E-state index contributed by atoms with van der Waals surface area (Å²) in [5.74, 6) is 0.986. The van der Waals surface area contributed by atoms with Crippen LogP contribution in [0.15, 0.2) is 46.6 Å². The van der Waals surface area contributed by atoms with Crippen molar-refractivity contribution in [3.63, 3.8) is 0 Å². The standard InChI is InChI=1S/C15H17N3O2S/c1-3-8-18(9-4-2)14(19)6-5-13-16-17-15(20-13)12-7-10-21-11-12/h3-4,7,10-11H,1-2,5-6,8-9H2. The molecular formula is C15H17N3O2S. The first-order chi connectivity index (χ1) is 10.2. The number of amides is 1. The van der Waals surface area contributed by atoms with Gasteiger partial charge in [-0.25, -0.2) is 0 Å². The Morgan fingerprint density at radius 2 is 2.10 bits per heavy atom. The van der Waals surface area contributed by atoms with Crippen molar-refractivity contribution in [1.29, 1.82) is 0 Å². The van der Waals surface area contributed by atoms with Gasteiger partial charge in [0.15, 0.2) is 0 Å². The first kappa shape index (κ1) is 15.2. The van der Waals surface area contributed by atoms with Crippen molar-refractivity contribution < 1.29 is 9.21 Å². The number of aryl methyl sites for hydroxylation is 1. The van der Waals surface area contributed by atoms with Crippen molar-refractivity contribution in [1.82, 2.24) is 15.1 Å². The van der Waals surface area contributed by atoms with Crippen molar-refractivity contribution in [2.24, 2.45) is 0 Å². The van der Waals surface area contributed by atoms with Gasteiger partial charge in [-0.15, -0.1) is 23.4 Å². The Morgan fingerprint density at radius 1 is 1.33 bits per heavy atom. The van der Waals surface area contributed by atoms with Crippen LogP contribution in [0.3, 0.4) is 0 Å². The second-order valence-electron chi connectivity index (χ2n) is 4.39. The third-order valence-electron chi connectivity index (χ3n) is 2.84. The molecule has 0 aliphatic heterocycles. The summed E-state index contributed by atoms with van der Waals surface area (Å²) >= 11 is 1.57. The van der Waals surface area contributed by atoms with Crippen LogP contribution < -0.4 is 0 Å². The predicted molar refractivity (Wildman–Crippen MR) is 82.9 cm³/mol. The molecule has 0 N–H and O–H groups in total. The molecule has 0 saturated heterocycles. The van der Waals surface area contributed by atoms with E-state index in [1.807, 2.05) is 16.8 Å². The van der Waals surface area contributed by atoms with Crippen LogP contribution in [0.2, 0.25) is 0 Å². The van der Waals surface area contributed by atoms with E-state index in [1.54, 1.807) is 28.4 Å². The van der Waals surface area contributed by atoms with Gasteiger partial charge in [0, 0.05) is 36.9 Å². The minimum absolute atomic E-state index is 0.0186. The zero-order chi connectivity index (χ0) is 15.1. The molecule has 0 saturated carbocycles. The van der Waals surface area contributed by atoms with E-state index >= 15 is 0 Å². The summed E-state index contributed by atoms with van der Waals surface area (Å²) in [6.07, 6.45) is 4.15. The van der Waals surface area contributed by atoms with Crippen LogP contribution in [0.5, 0.6) is 0 Å². The van der Waals surface area contributed by atoms with Crippen LogP contribution in [0, 0.1) is 0 Å². The van der Waals surface area contributed by atoms with Crippen LogP contribution in [0.25, 0.3) is 11.5 Å². The summed E-state index contributed by atoms with van der Waals surface area (Å²) < 4.78 is 5.55. The van der Waals surface area contributed by atoms with Crippen molar-refractivity contribution in [3.05, 3.63) is 48.0 Å². The monoisotopic (exact) mass is 303 g/mol. The lowest BCUT2D eigenvalue weighted by Crippen LogP contribution is -2.31. The van der Waals surface area contributed by atoms with Gasteiger partial charge in [0.1, 0.15) is 0 Å². The fraction of sp³-hybridized carbons (Fsp3) is 0.267. The van der Waals surface area contributed by atoms with E-state index in [0.29, 0.717) is 37.7 Å². The van der Waals surface area contributed by atoms with Gasteiger partial charge < -0.3 is 9.32 Å². The molecule has 0 bridgehead atoms. The molecule has 0 aliphatic rings. The minimum Gasteiger partial charge on any atom is -0.421 e. The van der Waals surface area contributed by atoms with Crippen molar-refractivity contribution in [3.8, 4) is 11.5 Å². The van der Waals surface area contributed by atoms with E-state index in [-0.39, 0.29) is 5.91 Å². The van der Waals surface area contributed by atoms with Gasteiger partial charge >= 0.3 is 0 Å². The fourth-order valence-electron chi connectivity index (χ4n) is 1.82. The third kappa shape index (κ3) is 4.13. The molecule has 2 rings (SSSR count). The highest BCUT2D eigenvalue weighted by Crippen LogP contribution is 2.20. The summed E-state index contributed by atoms with van der Waals surface area (Å²) in [6, 6.07) is 1.92. The number of thiophene rings is 1. The number of nitrogens with zero attached hydrogens (tertiary/aromatic N) is 3. The molecule has 0 spiro atoms. The second-order valence-corrected chi connectivity index (χ2v) is 5.17. The van der Waals surface area contributed by atoms with Gasteiger partial charge in [-0.3, -0.25) is 4.79 Å². The first-order valence-electron chi connectivity index (χ1n) is 6.59. The average Bonchev–Trinajstić information content (AvgIpc) is 3.15. The maximum Gasteiger partial charge on any atom is 0.248 e. The molecule has 2 heterocycles. The summed E-state index contributed by atoms with van der Waals surface area (Å²) in [6.45, 7) is 8.31. The summed E-state index contributed by atoms with van der Waals surface area (Å²) in [4.78, 5) is 13.8. The van der Waals surface area contributed by atoms with Gasteiger partial charge in [0.2, 0.25) is 17.7 Å². The fourth-order valence-corrected chi connectivity index (χ4v) is 2.45. The topological polar surface area (TPSA) is 59.2 Å². The van der Waals surface area contributed by atoms with E-state index in [9.17, 15) is 4.79 Å². The van der Waals surface area contributed by atoms with Crippen LogP contribution in [0.4, 0.5) is 0 Å². The lowest BCUT2D eigenvalue weighted by atomic mass is 10.2. The first-order valence-corrected chi connectivity index (χ1v) is 7.53. The third-order valence-corrected chi connectivity index (χ3v) is 3.52. The van der Waals surface area contributed by atoms with Gasteiger partial charge in [0.25, 0.3) is 0 Å². The number of hydrogen-bond donors (Lipinski definition) is 0. The number of aromatic nitrogens is 2. The molecule has 2 aromatic rings. The quantitative estimate of drug-likeness (QED) is 0.704. The van der Waals surface area contributed by atoms with E-state index in [0.717, 1.165) is 5.56 Å². The van der Waals surface area contributed by atoms with E-state index in [4.69, 9.17) is 4.42 Å². The molecule has 21 heavy (non-hydrogen) atoms. The number of rotatable bonds is 8. The molecule has 1 amide bonds. The lowest BCUT2D eigenvalue weighted by molar-refractivity contribution is -0.130. The van der Waals surface area contributed by atoms with Crippen LogP contribution in [-0.2, 0) is 11.2 Å². The second kappa shape index (κ2) is 7.54. The van der Waals surface area contributed by atoms with Gasteiger partial charge in [-0.05, 0) is 11.4 Å². The van der Waals surface area contributed by atoms with E-state index < -0.39 is 0 Å². The van der Waals surface area contributed by atoms with Crippen LogP contribution >= 0.6 is 11.3 Å². The highest BCUT2D eigenvalue weighted by atomic mass is 32.1. The zero-order valence-electron chi connectivity index (χ0n) is 11.7. The Kier molecular flexibility index (Phi) is 5.45. The molecule has 0 atom stereocenters. The molecule has 2 aromatic heterocycles. The molecule has 0 aliphatic carbocycles. The average molecular weight is 303 g/mol. The lowest BCUT2D eigenvalue weighted by Gasteiger charge is -2.18. The van der Waals surface area contributed by atoms with Crippen molar-refractivity contribution >= 4 is 17.2 Å². The Hall–Kier alpha value is -2.21. The summed E-state index contributed by atoms with van der Waals surface area (Å²) in [5.41, 5.74) is 0.907. The van der Waals surface area contributed by atoms with Gasteiger partial charge in [0.05, 0.1) is 0 Å². The Bertz CT molecular complexity index is 594. The van der Waals surface area contributed by atoms with Crippen molar-refractivity contribution in [2.45, 2.75) is 12.8 Å². The minimum atomic E-state index is 0.0186. The number of carbonyl (C=O) groups excluding carboxylic acids is 1. The molecule has 0 aromatic carbocycles. The van der Waals surface area contributed by atoms with Gasteiger partial charge in [-0.1, -0.05) is 12.2 Å². The maximum atomic E-state index is 12.1. The van der Waals surface area contributed by atoms with Crippen LogP contribution in [0.1, 0.15) is 12.3 Å². The summed E-state index contributed by atoms with van der Waals surface area (Å²) in [7, 11) is 0. The highest BCUT2D eigenvalue weighted by Gasteiger charge is 2.14. The Morgan fingerprint density at radius 3 is 2.71 bits per heavy atom. The molecule has 0 fully saturated rings. The molecular weight excluding hydrogens is 286 g/mol.